The minimum Gasteiger partial charge on any atom is -0.379 e. The quantitative estimate of drug-likeness (QED) is 0.695. The van der Waals surface area contributed by atoms with Crippen molar-refractivity contribution in [2.75, 3.05) is 32.8 Å². The van der Waals surface area contributed by atoms with Crippen LogP contribution < -0.4 is 5.32 Å². The standard InChI is InChI=1S/C20H29N5O2S/c1-14(2)17(24-7-9-27-10-8-24)12-21-18(26)13-25-19(22-23-20(25)28)16-6-4-5-15(3)11-16/h4-6,11,14,17H,7-10,12-13H2,1-3H3,(H,21,26)(H,23,28). The fourth-order valence-corrected chi connectivity index (χ4v) is 3.78. The van der Waals surface area contributed by atoms with Crippen molar-refractivity contribution in [3.63, 3.8) is 0 Å². The van der Waals surface area contributed by atoms with Gasteiger partial charge < -0.3 is 10.1 Å². The number of benzene rings is 1. The second kappa shape index (κ2) is 9.45. The molecule has 1 aromatic heterocycles. The van der Waals surface area contributed by atoms with Gasteiger partial charge in [0, 0.05) is 31.2 Å². The van der Waals surface area contributed by atoms with Gasteiger partial charge in [-0.1, -0.05) is 37.6 Å². The highest BCUT2D eigenvalue weighted by molar-refractivity contribution is 7.71. The Morgan fingerprint density at radius 2 is 2.11 bits per heavy atom. The van der Waals surface area contributed by atoms with Crippen molar-refractivity contribution in [3.05, 3.63) is 34.6 Å². The summed E-state index contributed by atoms with van der Waals surface area (Å²) in [6.45, 7) is 10.5. The summed E-state index contributed by atoms with van der Waals surface area (Å²) in [4.78, 5) is 15.1. The molecule has 2 heterocycles. The van der Waals surface area contributed by atoms with Crippen molar-refractivity contribution in [1.82, 2.24) is 25.0 Å². The average molecular weight is 404 g/mol. The van der Waals surface area contributed by atoms with E-state index in [0.29, 0.717) is 29.1 Å². The minimum atomic E-state index is -0.0645. The molecule has 0 spiro atoms. The van der Waals surface area contributed by atoms with Crippen LogP contribution in [-0.4, -0.2) is 64.5 Å². The van der Waals surface area contributed by atoms with Crippen LogP contribution in [0.5, 0.6) is 0 Å². The van der Waals surface area contributed by atoms with Gasteiger partial charge in [-0.05, 0) is 31.1 Å². The number of aromatic amines is 1. The van der Waals surface area contributed by atoms with E-state index in [4.69, 9.17) is 17.0 Å². The van der Waals surface area contributed by atoms with Crippen molar-refractivity contribution in [3.8, 4) is 11.4 Å². The van der Waals surface area contributed by atoms with Gasteiger partial charge in [-0.15, -0.1) is 0 Å². The summed E-state index contributed by atoms with van der Waals surface area (Å²) in [5, 5.41) is 10.2. The molecule has 1 aromatic carbocycles. The maximum atomic E-state index is 12.7. The number of morpholine rings is 1. The van der Waals surface area contributed by atoms with E-state index in [-0.39, 0.29) is 12.5 Å². The lowest BCUT2D eigenvalue weighted by Gasteiger charge is -2.36. The van der Waals surface area contributed by atoms with E-state index in [1.165, 1.54) is 0 Å². The number of nitrogens with zero attached hydrogens (tertiary/aromatic N) is 3. The Hall–Kier alpha value is -2.03. The fraction of sp³-hybridized carbons (Fsp3) is 0.550. The SMILES string of the molecule is Cc1cccc(-c2n[nH]c(=S)n2CC(=O)NCC(C(C)C)N2CCOCC2)c1. The molecule has 152 valence electrons. The van der Waals surface area contributed by atoms with E-state index in [9.17, 15) is 4.79 Å². The number of carbonyl (C=O) groups is 1. The zero-order valence-electron chi connectivity index (χ0n) is 16.8. The van der Waals surface area contributed by atoms with Gasteiger partial charge in [0.2, 0.25) is 5.91 Å². The molecule has 28 heavy (non-hydrogen) atoms. The van der Waals surface area contributed by atoms with Crippen LogP contribution in [0.3, 0.4) is 0 Å². The third kappa shape index (κ3) is 5.06. The third-order valence-electron chi connectivity index (χ3n) is 5.13. The Morgan fingerprint density at radius 1 is 1.36 bits per heavy atom. The number of hydrogen-bond donors (Lipinski definition) is 2. The van der Waals surface area contributed by atoms with Crippen LogP contribution in [0.1, 0.15) is 19.4 Å². The number of ether oxygens (including phenoxy) is 1. The number of carbonyl (C=O) groups excluding carboxylic acids is 1. The number of nitrogens with one attached hydrogen (secondary N) is 2. The normalized spacial score (nSPS) is 16.3. The average Bonchev–Trinajstić information content (AvgIpc) is 3.03. The van der Waals surface area contributed by atoms with Gasteiger partial charge in [0.25, 0.3) is 0 Å². The molecule has 8 heteroatoms. The number of H-pyrrole nitrogens is 1. The second-order valence-electron chi connectivity index (χ2n) is 7.57. The van der Waals surface area contributed by atoms with Gasteiger partial charge in [-0.3, -0.25) is 19.4 Å². The van der Waals surface area contributed by atoms with E-state index in [1.807, 2.05) is 31.2 Å². The topological polar surface area (TPSA) is 75.2 Å². The van der Waals surface area contributed by atoms with Crippen LogP contribution in [-0.2, 0) is 16.1 Å². The molecule has 0 bridgehead atoms. The largest absolute Gasteiger partial charge is 0.379 e. The summed E-state index contributed by atoms with van der Waals surface area (Å²) >= 11 is 5.35. The summed E-state index contributed by atoms with van der Waals surface area (Å²) in [7, 11) is 0. The number of aromatic nitrogens is 3. The monoisotopic (exact) mass is 403 g/mol. The predicted octanol–water partition coefficient (Wildman–Crippen LogP) is 2.39. The predicted molar refractivity (Wildman–Crippen MR) is 112 cm³/mol. The first-order chi connectivity index (χ1) is 13.5. The van der Waals surface area contributed by atoms with Gasteiger partial charge >= 0.3 is 0 Å². The highest BCUT2D eigenvalue weighted by Crippen LogP contribution is 2.18. The summed E-state index contributed by atoms with van der Waals surface area (Å²) < 4.78 is 7.64. The smallest absolute Gasteiger partial charge is 0.240 e. The van der Waals surface area contributed by atoms with Crippen molar-refractivity contribution in [1.29, 1.82) is 0 Å². The number of aryl methyl sites for hydroxylation is 1. The molecule has 3 rings (SSSR count). The van der Waals surface area contributed by atoms with Crippen molar-refractivity contribution >= 4 is 18.1 Å². The van der Waals surface area contributed by atoms with E-state index < -0.39 is 0 Å². The lowest BCUT2D eigenvalue weighted by Crippen LogP contribution is -2.51. The maximum Gasteiger partial charge on any atom is 0.240 e. The molecule has 0 radical (unpaired) electrons. The molecule has 0 saturated carbocycles. The molecule has 0 aliphatic carbocycles. The highest BCUT2D eigenvalue weighted by atomic mass is 32.1. The van der Waals surface area contributed by atoms with Gasteiger partial charge in [-0.2, -0.15) is 5.10 Å². The second-order valence-corrected chi connectivity index (χ2v) is 7.96. The Bertz CT molecular complexity index is 854. The number of amides is 1. The highest BCUT2D eigenvalue weighted by Gasteiger charge is 2.24. The summed E-state index contributed by atoms with van der Waals surface area (Å²) in [5.41, 5.74) is 2.07. The van der Waals surface area contributed by atoms with Gasteiger partial charge in [-0.25, -0.2) is 0 Å². The van der Waals surface area contributed by atoms with E-state index in [1.54, 1.807) is 4.57 Å². The first-order valence-electron chi connectivity index (χ1n) is 9.76. The molecule has 1 amide bonds. The molecule has 2 N–H and O–H groups in total. The molecular formula is C20H29N5O2S. The van der Waals surface area contributed by atoms with Crippen LogP contribution in [0.4, 0.5) is 0 Å². The molecule has 1 fully saturated rings. The molecular weight excluding hydrogens is 374 g/mol. The van der Waals surface area contributed by atoms with Crippen molar-refractivity contribution in [2.24, 2.45) is 5.92 Å². The van der Waals surface area contributed by atoms with Gasteiger partial charge in [0.05, 0.1) is 13.2 Å². The molecule has 7 nitrogen and oxygen atoms in total. The van der Waals surface area contributed by atoms with Crippen LogP contribution in [0.2, 0.25) is 0 Å². The first-order valence-corrected chi connectivity index (χ1v) is 10.2. The Balaban J connectivity index is 1.66. The molecule has 1 atom stereocenters. The third-order valence-corrected chi connectivity index (χ3v) is 5.44. The van der Waals surface area contributed by atoms with Crippen molar-refractivity contribution < 1.29 is 9.53 Å². The molecule has 1 aliphatic heterocycles. The molecule has 1 unspecified atom stereocenters. The summed E-state index contributed by atoms with van der Waals surface area (Å²) in [5.74, 6) is 1.06. The van der Waals surface area contributed by atoms with Crippen molar-refractivity contribution in [2.45, 2.75) is 33.4 Å². The van der Waals surface area contributed by atoms with E-state index in [2.05, 4.69) is 34.3 Å². The van der Waals surface area contributed by atoms with Crippen LogP contribution >= 0.6 is 12.2 Å². The maximum absolute atomic E-state index is 12.7. The minimum absolute atomic E-state index is 0.0645. The molecule has 1 saturated heterocycles. The Morgan fingerprint density at radius 3 is 2.79 bits per heavy atom. The Labute approximate surface area is 171 Å². The first kappa shape index (κ1) is 20.7. The van der Waals surface area contributed by atoms with Crippen LogP contribution in [0.25, 0.3) is 11.4 Å². The van der Waals surface area contributed by atoms with E-state index in [0.717, 1.165) is 37.4 Å². The van der Waals surface area contributed by atoms with Crippen LogP contribution in [0.15, 0.2) is 24.3 Å². The Kier molecular flexibility index (Phi) is 6.98. The van der Waals surface area contributed by atoms with Gasteiger partial charge in [0.1, 0.15) is 6.54 Å². The van der Waals surface area contributed by atoms with Crippen LogP contribution in [0, 0.1) is 17.6 Å². The zero-order chi connectivity index (χ0) is 20.1. The lowest BCUT2D eigenvalue weighted by molar-refractivity contribution is -0.122. The zero-order valence-corrected chi connectivity index (χ0v) is 17.6. The van der Waals surface area contributed by atoms with Gasteiger partial charge in [0.15, 0.2) is 10.6 Å². The lowest BCUT2D eigenvalue weighted by atomic mass is 10.0. The van der Waals surface area contributed by atoms with E-state index >= 15 is 0 Å². The summed E-state index contributed by atoms with van der Waals surface area (Å²) in [6.07, 6.45) is 0. The number of hydrogen-bond acceptors (Lipinski definition) is 5. The fourth-order valence-electron chi connectivity index (χ4n) is 3.58. The molecule has 2 aromatic rings. The molecule has 1 aliphatic rings. The summed E-state index contributed by atoms with van der Waals surface area (Å²) in [6, 6.07) is 8.30. The number of rotatable bonds is 7.